The van der Waals surface area contributed by atoms with Crippen molar-refractivity contribution < 1.29 is 0 Å². The lowest BCUT2D eigenvalue weighted by Gasteiger charge is -2.43. The average Bonchev–Trinajstić information content (AvgIpc) is 2.43. The van der Waals surface area contributed by atoms with Crippen molar-refractivity contribution in [2.24, 2.45) is 0 Å². The first-order valence-corrected chi connectivity index (χ1v) is 26.4. The molecule has 0 aliphatic carbocycles. The highest BCUT2D eigenvalue weighted by molar-refractivity contribution is 7.99. The van der Waals surface area contributed by atoms with E-state index in [0.29, 0.717) is 0 Å². The van der Waals surface area contributed by atoms with Crippen molar-refractivity contribution in [1.29, 1.82) is 0 Å². The topological polar surface area (TPSA) is 0 Å². The van der Waals surface area contributed by atoms with Crippen LogP contribution in [0, 0.1) is 0 Å². The zero-order chi connectivity index (χ0) is 13.7. The molecule has 6 heteroatoms. The van der Waals surface area contributed by atoms with Crippen molar-refractivity contribution in [3.05, 3.63) is 73.7 Å². The number of hydrogen-bond donors (Lipinski definition) is 0. The van der Waals surface area contributed by atoms with Gasteiger partial charge in [-0.05, 0) is 0 Å². The lowest BCUT2D eigenvalue weighted by Crippen LogP contribution is -2.75. The second-order valence-electron chi connectivity index (χ2n) is 4.88. The summed E-state index contributed by atoms with van der Waals surface area (Å²) in [5.74, 6) is 0. The summed E-state index contributed by atoms with van der Waals surface area (Å²) in [4.78, 5) is 0. The summed E-state index contributed by atoms with van der Waals surface area (Å²) in [7, 11) is -4.59. The quantitative estimate of drug-likeness (QED) is 0.607. The fraction of sp³-hybridized carbons (Fsp3) is 0. The maximum atomic E-state index is 4.17. The molecule has 96 valence electrons. The SMILES string of the molecule is C=C[SiH]1[SiH](C=C)[SiH](C=C)[SiH](C=C)[SiH](C=C)[SiH]1C=C. The third-order valence-electron chi connectivity index (χ3n) is 4.30. The molecule has 0 saturated carbocycles. The molecule has 1 saturated heterocycles. The van der Waals surface area contributed by atoms with Crippen molar-refractivity contribution in [3.8, 4) is 0 Å². The van der Waals surface area contributed by atoms with Crippen LogP contribution in [0.5, 0.6) is 0 Å². The van der Waals surface area contributed by atoms with Crippen molar-refractivity contribution in [2.75, 3.05) is 0 Å². The summed E-state index contributed by atoms with van der Waals surface area (Å²) in [6.45, 7) is 25.0. The molecule has 0 aromatic carbocycles. The molecule has 0 radical (unpaired) electrons. The van der Waals surface area contributed by atoms with Crippen LogP contribution in [0.1, 0.15) is 0 Å². The zero-order valence-electron chi connectivity index (χ0n) is 11.2. The van der Waals surface area contributed by atoms with E-state index in [-0.39, 0.29) is 0 Å². The summed E-state index contributed by atoms with van der Waals surface area (Å²) in [5.41, 5.74) is 14.2. The number of rotatable bonds is 6. The third kappa shape index (κ3) is 2.68. The minimum Gasteiger partial charge on any atom is -0.110 e. The van der Waals surface area contributed by atoms with Crippen LogP contribution in [0.3, 0.4) is 0 Å². The van der Waals surface area contributed by atoms with Gasteiger partial charge in [0.25, 0.3) is 0 Å². The van der Waals surface area contributed by atoms with Gasteiger partial charge in [0.05, 0.1) is 0 Å². The molecular weight excluding hydrogens is 313 g/mol. The van der Waals surface area contributed by atoms with Crippen molar-refractivity contribution in [2.45, 2.75) is 0 Å². The highest BCUT2D eigenvalue weighted by atomic mass is 30.1. The van der Waals surface area contributed by atoms with Crippen LogP contribution in [0.2, 0.25) is 0 Å². The van der Waals surface area contributed by atoms with Crippen LogP contribution in [0.25, 0.3) is 0 Å². The molecule has 0 aromatic heterocycles. The molecule has 1 aliphatic rings. The first kappa shape index (κ1) is 15.8. The van der Waals surface area contributed by atoms with Crippen molar-refractivity contribution in [1.82, 2.24) is 0 Å². The Bertz CT molecular complexity index is 272. The maximum absolute atomic E-state index is 4.17. The van der Waals surface area contributed by atoms with Crippen LogP contribution in [-0.2, 0) is 0 Å². The maximum Gasteiger partial charge on any atom is 0.0472 e. The molecule has 1 fully saturated rings. The fourth-order valence-electron chi connectivity index (χ4n) is 3.43. The van der Waals surface area contributed by atoms with E-state index in [1.54, 1.807) is 0 Å². The summed E-state index contributed by atoms with van der Waals surface area (Å²) < 4.78 is 0. The Labute approximate surface area is 120 Å². The molecule has 18 heavy (non-hydrogen) atoms. The van der Waals surface area contributed by atoms with E-state index >= 15 is 0 Å². The Balaban J connectivity index is 3.30. The Kier molecular flexibility index (Phi) is 6.46. The van der Waals surface area contributed by atoms with Gasteiger partial charge >= 0.3 is 0 Å². The molecule has 0 nitrogen and oxygen atoms in total. The highest BCUT2D eigenvalue weighted by Crippen LogP contribution is 2.19. The second-order valence-corrected chi connectivity index (χ2v) is 56.2. The second kappa shape index (κ2) is 7.36. The molecule has 1 heterocycles. The van der Waals surface area contributed by atoms with Crippen LogP contribution in [-0.4, -0.2) is 47.0 Å². The molecule has 1 aliphatic heterocycles. The fourth-order valence-corrected chi connectivity index (χ4v) is 200. The molecular formula is C12H24Si6. The first-order chi connectivity index (χ1) is 8.69. The minimum absolute atomic E-state index is 0.765. The molecule has 0 aromatic rings. The normalized spacial score (nSPS) is 39.3. The number of hydrogen-bond acceptors (Lipinski definition) is 0. The van der Waals surface area contributed by atoms with Crippen molar-refractivity contribution in [3.63, 3.8) is 0 Å². The van der Waals surface area contributed by atoms with Gasteiger partial charge in [-0.2, -0.15) is 0 Å². The Morgan fingerprint density at radius 2 is 0.444 bits per heavy atom. The molecule has 1 rings (SSSR count). The summed E-state index contributed by atoms with van der Waals surface area (Å²) in [6.07, 6.45) is 0. The lowest BCUT2D eigenvalue weighted by atomic mass is 11.3. The lowest BCUT2D eigenvalue weighted by molar-refractivity contribution is 2.36. The standard InChI is InChI=1S/C12H24Si6/c1-7-13-14(8-2)16(10-4)18(12-6)17(11-5)15(13)9-3/h7-18H,1-6H2. The zero-order valence-corrected chi connectivity index (χ0v) is 18.1. The van der Waals surface area contributed by atoms with Crippen LogP contribution < -0.4 is 0 Å². The molecule has 0 bridgehead atoms. The Morgan fingerprint density at radius 1 is 0.333 bits per heavy atom. The Hall–Kier alpha value is -0.259. The van der Waals surface area contributed by atoms with Crippen molar-refractivity contribution >= 4 is 47.0 Å². The molecule has 0 spiro atoms. The van der Waals surface area contributed by atoms with E-state index in [1.807, 2.05) is 0 Å². The molecule has 0 N–H and O–H groups in total. The first-order valence-electron chi connectivity index (χ1n) is 6.45. The largest absolute Gasteiger partial charge is 0.110 e. The monoisotopic (exact) mass is 336 g/mol. The van der Waals surface area contributed by atoms with Gasteiger partial charge < -0.3 is 0 Å². The van der Waals surface area contributed by atoms with E-state index < -0.39 is 47.0 Å². The van der Waals surface area contributed by atoms with E-state index in [1.165, 1.54) is 0 Å². The van der Waals surface area contributed by atoms with E-state index in [9.17, 15) is 0 Å². The van der Waals surface area contributed by atoms with Gasteiger partial charge in [0, 0.05) is 47.0 Å². The summed E-state index contributed by atoms with van der Waals surface area (Å²) >= 11 is 0. The third-order valence-corrected chi connectivity index (χ3v) is 111. The minimum atomic E-state index is -0.765. The Morgan fingerprint density at radius 3 is 0.500 bits per heavy atom. The van der Waals surface area contributed by atoms with Crippen LogP contribution in [0.15, 0.2) is 73.7 Å². The van der Waals surface area contributed by atoms with E-state index in [2.05, 4.69) is 73.7 Å². The average molecular weight is 337 g/mol. The van der Waals surface area contributed by atoms with Gasteiger partial charge in [0.2, 0.25) is 0 Å². The van der Waals surface area contributed by atoms with Crippen LogP contribution >= 0.6 is 0 Å². The van der Waals surface area contributed by atoms with Gasteiger partial charge in [-0.3, -0.25) is 0 Å². The smallest absolute Gasteiger partial charge is 0.0472 e. The summed E-state index contributed by atoms with van der Waals surface area (Å²) in [6, 6.07) is 0. The molecule has 0 unspecified atom stereocenters. The van der Waals surface area contributed by atoms with Gasteiger partial charge in [0.15, 0.2) is 0 Å². The van der Waals surface area contributed by atoms with Gasteiger partial charge in [0.1, 0.15) is 0 Å². The molecule has 0 atom stereocenters. The van der Waals surface area contributed by atoms with Gasteiger partial charge in [-0.1, -0.05) is 0 Å². The predicted octanol–water partition coefficient (Wildman–Crippen LogP) is 0.184. The van der Waals surface area contributed by atoms with Crippen LogP contribution in [0.4, 0.5) is 0 Å². The van der Waals surface area contributed by atoms with E-state index in [4.69, 9.17) is 0 Å². The summed E-state index contributed by atoms with van der Waals surface area (Å²) in [5, 5.41) is 0. The molecule has 0 amide bonds. The van der Waals surface area contributed by atoms with Gasteiger partial charge in [-0.25, -0.2) is 0 Å². The predicted molar refractivity (Wildman–Crippen MR) is 104 cm³/mol. The highest BCUT2D eigenvalue weighted by Gasteiger charge is 2.48. The van der Waals surface area contributed by atoms with Gasteiger partial charge in [-0.15, -0.1) is 73.7 Å². The van der Waals surface area contributed by atoms with E-state index in [0.717, 1.165) is 0 Å².